The van der Waals surface area contributed by atoms with Crippen LogP contribution in [0.2, 0.25) is 0 Å². The number of aliphatic carboxylic acids is 1. The van der Waals surface area contributed by atoms with Crippen LogP contribution in [-0.2, 0) is 9.59 Å². The molecule has 0 bridgehead atoms. The molecule has 1 aliphatic rings. The van der Waals surface area contributed by atoms with E-state index in [9.17, 15) is 19.1 Å². The Kier molecular flexibility index (Phi) is 4.71. The van der Waals surface area contributed by atoms with E-state index in [0.717, 1.165) is 4.88 Å². The van der Waals surface area contributed by atoms with E-state index in [4.69, 9.17) is 0 Å². The van der Waals surface area contributed by atoms with Crippen LogP contribution in [0.4, 0.5) is 4.39 Å². The standard InChI is InChI=1S/C17H15FN2O3S/c18-12-5-2-1-4-11(12)14-10-13(15-6-3-9-24-15)19-20(14)16(21)7-8-17(22)23/h1-6,9,14H,7-8,10H2,(H,22,23)/p-1. The molecule has 0 saturated carbocycles. The molecule has 1 unspecified atom stereocenters. The van der Waals surface area contributed by atoms with E-state index in [-0.39, 0.29) is 12.8 Å². The Hall–Kier alpha value is -2.54. The lowest BCUT2D eigenvalue weighted by Crippen LogP contribution is -2.30. The number of halogens is 1. The fourth-order valence-corrected chi connectivity index (χ4v) is 3.36. The van der Waals surface area contributed by atoms with Gasteiger partial charge in [-0.1, -0.05) is 24.3 Å². The van der Waals surface area contributed by atoms with Crippen molar-refractivity contribution in [1.29, 1.82) is 0 Å². The molecule has 24 heavy (non-hydrogen) atoms. The van der Waals surface area contributed by atoms with Crippen molar-refractivity contribution < 1.29 is 19.1 Å². The van der Waals surface area contributed by atoms with E-state index < -0.39 is 23.7 Å². The van der Waals surface area contributed by atoms with Gasteiger partial charge in [-0.25, -0.2) is 9.40 Å². The molecule has 7 heteroatoms. The minimum absolute atomic E-state index is 0.228. The average Bonchev–Trinajstić information content (AvgIpc) is 3.22. The number of thiophene rings is 1. The number of hydrazone groups is 1. The van der Waals surface area contributed by atoms with Crippen molar-refractivity contribution in [3.8, 4) is 0 Å². The lowest BCUT2D eigenvalue weighted by molar-refractivity contribution is -0.305. The number of benzene rings is 1. The Balaban J connectivity index is 1.91. The Morgan fingerprint density at radius 1 is 1.25 bits per heavy atom. The molecule has 0 spiro atoms. The molecule has 3 rings (SSSR count). The van der Waals surface area contributed by atoms with Crippen molar-refractivity contribution in [2.75, 3.05) is 0 Å². The number of nitrogens with zero attached hydrogens (tertiary/aromatic N) is 2. The predicted molar refractivity (Wildman–Crippen MR) is 85.7 cm³/mol. The number of carbonyl (C=O) groups excluding carboxylic acids is 2. The topological polar surface area (TPSA) is 72.8 Å². The fraction of sp³-hybridized carbons (Fsp3) is 0.235. The highest BCUT2D eigenvalue weighted by Crippen LogP contribution is 2.35. The molecular weight excluding hydrogens is 331 g/mol. The van der Waals surface area contributed by atoms with Crippen LogP contribution in [0.1, 0.15) is 35.7 Å². The lowest BCUT2D eigenvalue weighted by atomic mass is 10.0. The molecule has 1 amide bonds. The maximum Gasteiger partial charge on any atom is 0.243 e. The highest BCUT2D eigenvalue weighted by Gasteiger charge is 2.34. The molecule has 0 saturated heterocycles. The zero-order valence-electron chi connectivity index (χ0n) is 12.6. The number of carboxylic acids is 1. The van der Waals surface area contributed by atoms with Crippen molar-refractivity contribution in [2.45, 2.75) is 25.3 Å². The Morgan fingerprint density at radius 3 is 2.71 bits per heavy atom. The summed E-state index contributed by atoms with van der Waals surface area (Å²) in [5, 5.41) is 18.0. The molecule has 124 valence electrons. The third-order valence-electron chi connectivity index (χ3n) is 3.78. The summed E-state index contributed by atoms with van der Waals surface area (Å²) in [6, 6.07) is 9.42. The van der Waals surface area contributed by atoms with Gasteiger partial charge in [-0.3, -0.25) is 4.79 Å². The minimum atomic E-state index is -1.30. The van der Waals surface area contributed by atoms with E-state index in [1.807, 2.05) is 17.5 Å². The molecule has 2 heterocycles. The van der Waals surface area contributed by atoms with E-state index >= 15 is 0 Å². The highest BCUT2D eigenvalue weighted by atomic mass is 32.1. The van der Waals surface area contributed by atoms with Crippen LogP contribution in [0.5, 0.6) is 0 Å². The van der Waals surface area contributed by atoms with Crippen molar-refractivity contribution in [3.05, 3.63) is 58.0 Å². The second-order valence-electron chi connectivity index (χ2n) is 5.38. The molecule has 2 aromatic rings. The van der Waals surface area contributed by atoms with Crippen LogP contribution < -0.4 is 5.11 Å². The molecule has 0 fully saturated rings. The molecule has 1 aliphatic heterocycles. The van der Waals surface area contributed by atoms with Crippen molar-refractivity contribution in [2.24, 2.45) is 5.10 Å². The highest BCUT2D eigenvalue weighted by molar-refractivity contribution is 7.12. The summed E-state index contributed by atoms with van der Waals surface area (Å²) in [7, 11) is 0. The molecular formula is C17H14FN2O3S-. The summed E-state index contributed by atoms with van der Waals surface area (Å²) in [6.07, 6.45) is -0.226. The average molecular weight is 345 g/mol. The van der Waals surface area contributed by atoms with Crippen LogP contribution >= 0.6 is 11.3 Å². The number of amides is 1. The molecule has 1 atom stereocenters. The smallest absolute Gasteiger partial charge is 0.243 e. The Bertz CT molecular complexity index is 789. The van der Waals surface area contributed by atoms with Crippen LogP contribution in [0.15, 0.2) is 46.9 Å². The van der Waals surface area contributed by atoms with Gasteiger partial charge in [0, 0.05) is 24.4 Å². The number of carboxylic acid groups (broad SMARTS) is 1. The maximum absolute atomic E-state index is 14.2. The summed E-state index contributed by atoms with van der Waals surface area (Å²) in [6.45, 7) is 0. The lowest BCUT2D eigenvalue weighted by Gasteiger charge is -2.22. The first-order valence-corrected chi connectivity index (χ1v) is 8.32. The van der Waals surface area contributed by atoms with Gasteiger partial charge in [0.05, 0.1) is 16.6 Å². The van der Waals surface area contributed by atoms with Crippen molar-refractivity contribution in [1.82, 2.24) is 5.01 Å². The quantitative estimate of drug-likeness (QED) is 0.833. The summed E-state index contributed by atoms with van der Waals surface area (Å²) < 4.78 is 14.2. The number of rotatable bonds is 5. The van der Waals surface area contributed by atoms with Crippen molar-refractivity contribution >= 4 is 28.9 Å². The number of carbonyl (C=O) groups is 2. The van der Waals surface area contributed by atoms with Gasteiger partial charge in [0.15, 0.2) is 0 Å². The molecule has 0 N–H and O–H groups in total. The van der Waals surface area contributed by atoms with Crippen LogP contribution in [0, 0.1) is 5.82 Å². The predicted octanol–water partition coefficient (Wildman–Crippen LogP) is 2.10. The molecule has 0 aliphatic carbocycles. The second kappa shape index (κ2) is 6.92. The van der Waals surface area contributed by atoms with Gasteiger partial charge in [0.25, 0.3) is 0 Å². The van der Waals surface area contributed by atoms with Crippen LogP contribution in [0.3, 0.4) is 0 Å². The third-order valence-corrected chi connectivity index (χ3v) is 4.70. The van der Waals surface area contributed by atoms with E-state index in [1.165, 1.54) is 22.4 Å². The van der Waals surface area contributed by atoms with Gasteiger partial charge < -0.3 is 9.90 Å². The molecule has 5 nitrogen and oxygen atoms in total. The number of hydrogen-bond acceptors (Lipinski definition) is 5. The third kappa shape index (κ3) is 3.35. The second-order valence-corrected chi connectivity index (χ2v) is 6.32. The first kappa shape index (κ1) is 16.3. The molecule has 1 aromatic heterocycles. The summed E-state index contributed by atoms with van der Waals surface area (Å²) in [5.41, 5.74) is 1.06. The van der Waals surface area contributed by atoms with E-state index in [2.05, 4.69) is 5.10 Å². The molecule has 1 aromatic carbocycles. The summed E-state index contributed by atoms with van der Waals surface area (Å²) in [4.78, 5) is 23.9. The molecule has 0 radical (unpaired) electrons. The maximum atomic E-state index is 14.2. The first-order chi connectivity index (χ1) is 11.6. The summed E-state index contributed by atoms with van der Waals surface area (Å²) >= 11 is 1.49. The summed E-state index contributed by atoms with van der Waals surface area (Å²) in [5.74, 6) is -2.17. The van der Waals surface area contributed by atoms with Gasteiger partial charge in [0.1, 0.15) is 5.82 Å². The van der Waals surface area contributed by atoms with E-state index in [1.54, 1.807) is 18.2 Å². The number of hydrogen-bond donors (Lipinski definition) is 0. The fourth-order valence-electron chi connectivity index (χ4n) is 2.64. The van der Waals surface area contributed by atoms with Gasteiger partial charge in [0.2, 0.25) is 5.91 Å². The van der Waals surface area contributed by atoms with Gasteiger partial charge in [-0.2, -0.15) is 5.10 Å². The van der Waals surface area contributed by atoms with Gasteiger partial charge >= 0.3 is 0 Å². The van der Waals surface area contributed by atoms with Crippen molar-refractivity contribution in [3.63, 3.8) is 0 Å². The van der Waals surface area contributed by atoms with Crippen LogP contribution in [0.25, 0.3) is 0 Å². The monoisotopic (exact) mass is 345 g/mol. The van der Waals surface area contributed by atoms with Crippen LogP contribution in [-0.4, -0.2) is 22.6 Å². The zero-order valence-corrected chi connectivity index (χ0v) is 13.5. The largest absolute Gasteiger partial charge is 0.550 e. The van der Waals surface area contributed by atoms with Gasteiger partial charge in [-0.05, 0) is 23.9 Å². The minimum Gasteiger partial charge on any atom is -0.550 e. The zero-order chi connectivity index (χ0) is 17.1. The van der Waals surface area contributed by atoms with Gasteiger partial charge in [-0.15, -0.1) is 11.3 Å². The first-order valence-electron chi connectivity index (χ1n) is 7.44. The Labute approximate surface area is 142 Å². The Morgan fingerprint density at radius 2 is 2.04 bits per heavy atom. The normalized spacial score (nSPS) is 17.0. The SMILES string of the molecule is O=C([O-])CCC(=O)N1N=C(c2cccs2)CC1c1ccccc1F. The van der Waals surface area contributed by atoms with E-state index in [0.29, 0.717) is 17.7 Å².